The highest BCUT2D eigenvalue weighted by Gasteiger charge is 2.20. The average Bonchev–Trinajstić information content (AvgIpc) is 3.50. The van der Waals surface area contributed by atoms with Crippen molar-refractivity contribution in [3.8, 4) is 28.6 Å². The zero-order valence-electron chi connectivity index (χ0n) is 16.5. The summed E-state index contributed by atoms with van der Waals surface area (Å²) < 4.78 is 11.4. The smallest absolute Gasteiger partial charge is 0.260 e. The van der Waals surface area contributed by atoms with Crippen LogP contribution in [-0.4, -0.2) is 40.6 Å². The van der Waals surface area contributed by atoms with Gasteiger partial charge in [-0.15, -0.1) is 0 Å². The number of hydrogen-bond donors (Lipinski definition) is 0. The maximum absolute atomic E-state index is 12.3. The molecule has 1 aliphatic heterocycles. The van der Waals surface area contributed by atoms with E-state index in [1.54, 1.807) is 0 Å². The lowest BCUT2D eigenvalue weighted by atomic mass is 10.0. The third-order valence-electron chi connectivity index (χ3n) is 5.38. The number of rotatable bonds is 5. The Bertz CT molecular complexity index is 1190. The van der Waals surface area contributed by atoms with Crippen molar-refractivity contribution in [2.24, 2.45) is 0 Å². The molecule has 6 heteroatoms. The van der Waals surface area contributed by atoms with Crippen LogP contribution in [0.3, 0.4) is 0 Å². The van der Waals surface area contributed by atoms with E-state index in [9.17, 15) is 4.79 Å². The molecular formula is C24H21N3O3. The number of benzene rings is 3. The standard InChI is InChI=1S/C24H21N3O3/c28-22(27-14-5-6-15-27)16-29-21-13-4-3-11-20(21)23-25-24(30-26-23)19-12-7-9-17-8-1-2-10-18(17)19/h1-4,7-13H,5-6,14-16H2. The molecule has 1 aliphatic rings. The first-order valence-electron chi connectivity index (χ1n) is 10.1. The molecular weight excluding hydrogens is 378 g/mol. The predicted octanol–water partition coefficient (Wildman–Crippen LogP) is 4.56. The summed E-state index contributed by atoms with van der Waals surface area (Å²) in [5, 5.41) is 6.34. The number of likely N-dealkylation sites (tertiary alicyclic amines) is 1. The van der Waals surface area contributed by atoms with Crippen LogP contribution in [0.4, 0.5) is 0 Å². The van der Waals surface area contributed by atoms with Gasteiger partial charge in [0.2, 0.25) is 5.82 Å². The monoisotopic (exact) mass is 399 g/mol. The summed E-state index contributed by atoms with van der Waals surface area (Å²) in [6.07, 6.45) is 2.12. The summed E-state index contributed by atoms with van der Waals surface area (Å²) >= 11 is 0. The van der Waals surface area contributed by atoms with Gasteiger partial charge < -0.3 is 14.2 Å². The number of fused-ring (bicyclic) bond motifs is 1. The number of nitrogens with zero attached hydrogens (tertiary/aromatic N) is 3. The van der Waals surface area contributed by atoms with E-state index < -0.39 is 0 Å². The van der Waals surface area contributed by atoms with Crippen LogP contribution < -0.4 is 4.74 Å². The van der Waals surface area contributed by atoms with Crippen LogP contribution in [0.1, 0.15) is 12.8 Å². The van der Waals surface area contributed by atoms with Crippen LogP contribution >= 0.6 is 0 Å². The molecule has 1 amide bonds. The molecule has 6 nitrogen and oxygen atoms in total. The Morgan fingerprint density at radius 2 is 1.67 bits per heavy atom. The van der Waals surface area contributed by atoms with Crippen molar-refractivity contribution in [1.29, 1.82) is 0 Å². The van der Waals surface area contributed by atoms with Crippen LogP contribution in [0.25, 0.3) is 33.6 Å². The van der Waals surface area contributed by atoms with Crippen LogP contribution in [0, 0.1) is 0 Å². The predicted molar refractivity (Wildman–Crippen MR) is 114 cm³/mol. The first-order valence-corrected chi connectivity index (χ1v) is 10.1. The number of hydrogen-bond acceptors (Lipinski definition) is 5. The molecule has 0 N–H and O–H groups in total. The van der Waals surface area contributed by atoms with Gasteiger partial charge in [0.15, 0.2) is 6.61 Å². The highest BCUT2D eigenvalue weighted by molar-refractivity contribution is 5.94. The Morgan fingerprint density at radius 3 is 2.57 bits per heavy atom. The second kappa shape index (κ2) is 7.99. The quantitative estimate of drug-likeness (QED) is 0.492. The lowest BCUT2D eigenvalue weighted by molar-refractivity contribution is -0.132. The Morgan fingerprint density at radius 1 is 0.933 bits per heavy atom. The molecule has 1 saturated heterocycles. The summed E-state index contributed by atoms with van der Waals surface area (Å²) in [6, 6.07) is 21.5. The van der Waals surface area contributed by atoms with E-state index in [2.05, 4.69) is 22.3 Å². The van der Waals surface area contributed by atoms with E-state index in [4.69, 9.17) is 9.26 Å². The first-order chi connectivity index (χ1) is 14.8. The van der Waals surface area contributed by atoms with E-state index in [1.165, 1.54) is 0 Å². The van der Waals surface area contributed by atoms with Gasteiger partial charge in [-0.2, -0.15) is 4.98 Å². The van der Waals surface area contributed by atoms with Crippen molar-refractivity contribution < 1.29 is 14.1 Å². The minimum atomic E-state index is 0.00500. The second-order valence-electron chi connectivity index (χ2n) is 7.32. The first kappa shape index (κ1) is 18.4. The summed E-state index contributed by atoms with van der Waals surface area (Å²) in [4.78, 5) is 18.8. The molecule has 3 aromatic carbocycles. The van der Waals surface area contributed by atoms with E-state index in [0.717, 1.165) is 42.3 Å². The summed E-state index contributed by atoms with van der Waals surface area (Å²) in [7, 11) is 0. The molecule has 0 radical (unpaired) electrons. The van der Waals surface area contributed by atoms with E-state index >= 15 is 0 Å². The fourth-order valence-electron chi connectivity index (χ4n) is 3.83. The Balaban J connectivity index is 1.42. The zero-order valence-corrected chi connectivity index (χ0v) is 16.5. The summed E-state index contributed by atoms with van der Waals surface area (Å²) in [5.41, 5.74) is 1.58. The van der Waals surface area contributed by atoms with Gasteiger partial charge in [0.1, 0.15) is 5.75 Å². The van der Waals surface area contributed by atoms with Crippen LogP contribution in [0.2, 0.25) is 0 Å². The van der Waals surface area contributed by atoms with Crippen molar-refractivity contribution in [3.05, 3.63) is 66.7 Å². The van der Waals surface area contributed by atoms with Crippen LogP contribution in [0.5, 0.6) is 5.75 Å². The van der Waals surface area contributed by atoms with Gasteiger partial charge in [0.25, 0.3) is 11.8 Å². The number of ether oxygens (including phenoxy) is 1. The zero-order chi connectivity index (χ0) is 20.3. The number of carbonyl (C=O) groups is 1. The van der Waals surface area contributed by atoms with Gasteiger partial charge in [0, 0.05) is 18.7 Å². The molecule has 0 unspecified atom stereocenters. The van der Waals surface area contributed by atoms with E-state index in [1.807, 2.05) is 59.5 Å². The molecule has 1 fully saturated rings. The normalized spacial score (nSPS) is 13.7. The molecule has 0 spiro atoms. The molecule has 5 rings (SSSR count). The maximum Gasteiger partial charge on any atom is 0.260 e. The van der Waals surface area contributed by atoms with E-state index in [-0.39, 0.29) is 12.5 Å². The number of para-hydroxylation sites is 1. The van der Waals surface area contributed by atoms with Crippen molar-refractivity contribution in [2.75, 3.05) is 19.7 Å². The van der Waals surface area contributed by atoms with Gasteiger partial charge in [-0.05, 0) is 41.8 Å². The van der Waals surface area contributed by atoms with Gasteiger partial charge in [-0.1, -0.05) is 53.7 Å². The fraction of sp³-hybridized carbons (Fsp3) is 0.208. The van der Waals surface area contributed by atoms with E-state index in [0.29, 0.717) is 23.0 Å². The van der Waals surface area contributed by atoms with Gasteiger partial charge in [-0.3, -0.25) is 4.79 Å². The van der Waals surface area contributed by atoms with Gasteiger partial charge in [-0.25, -0.2) is 0 Å². The molecule has 1 aromatic heterocycles. The minimum absolute atomic E-state index is 0.00500. The molecule has 150 valence electrons. The minimum Gasteiger partial charge on any atom is -0.483 e. The molecule has 2 heterocycles. The maximum atomic E-state index is 12.3. The SMILES string of the molecule is O=C(COc1ccccc1-c1noc(-c2cccc3ccccc23)n1)N1CCCC1. The molecule has 0 atom stereocenters. The van der Waals surface area contributed by atoms with Crippen molar-refractivity contribution in [2.45, 2.75) is 12.8 Å². The number of aromatic nitrogens is 2. The lowest BCUT2D eigenvalue weighted by Gasteiger charge is -2.16. The Labute approximate surface area is 174 Å². The lowest BCUT2D eigenvalue weighted by Crippen LogP contribution is -2.32. The Kier molecular flexibility index (Phi) is 4.89. The van der Waals surface area contributed by atoms with Crippen molar-refractivity contribution in [3.63, 3.8) is 0 Å². The third kappa shape index (κ3) is 3.52. The Hall–Kier alpha value is -3.67. The summed E-state index contributed by atoms with van der Waals surface area (Å²) in [5.74, 6) is 1.45. The topological polar surface area (TPSA) is 68.5 Å². The van der Waals surface area contributed by atoms with Crippen LogP contribution in [-0.2, 0) is 4.79 Å². The number of carbonyl (C=O) groups excluding carboxylic acids is 1. The highest BCUT2D eigenvalue weighted by Crippen LogP contribution is 2.32. The molecule has 0 aliphatic carbocycles. The average molecular weight is 399 g/mol. The summed E-state index contributed by atoms with van der Waals surface area (Å²) in [6.45, 7) is 1.62. The largest absolute Gasteiger partial charge is 0.483 e. The van der Waals surface area contributed by atoms with Crippen LogP contribution in [0.15, 0.2) is 71.3 Å². The molecule has 0 bridgehead atoms. The number of amides is 1. The third-order valence-corrected chi connectivity index (χ3v) is 5.38. The van der Waals surface area contributed by atoms with Gasteiger partial charge in [0.05, 0.1) is 5.56 Å². The molecule has 30 heavy (non-hydrogen) atoms. The second-order valence-corrected chi connectivity index (χ2v) is 7.32. The van der Waals surface area contributed by atoms with Crippen molar-refractivity contribution >= 4 is 16.7 Å². The van der Waals surface area contributed by atoms with Crippen molar-refractivity contribution in [1.82, 2.24) is 15.0 Å². The highest BCUT2D eigenvalue weighted by atomic mass is 16.5. The van der Waals surface area contributed by atoms with Gasteiger partial charge >= 0.3 is 0 Å². The molecule has 4 aromatic rings. The fourth-order valence-corrected chi connectivity index (χ4v) is 3.83. The molecule has 0 saturated carbocycles.